The third-order valence-corrected chi connectivity index (χ3v) is 3.97. The van der Waals surface area contributed by atoms with Crippen LogP contribution in [0.25, 0.3) is 5.70 Å². The van der Waals surface area contributed by atoms with E-state index in [2.05, 4.69) is 11.6 Å². The molecule has 0 saturated carbocycles. The lowest BCUT2D eigenvalue weighted by Crippen LogP contribution is -2.46. The molecule has 130 valence electrons. The van der Waals surface area contributed by atoms with Crippen molar-refractivity contribution in [3.8, 4) is 0 Å². The summed E-state index contributed by atoms with van der Waals surface area (Å²) in [5.41, 5.74) is 1.54. The molecule has 0 spiro atoms. The Labute approximate surface area is 156 Å². The number of pyridine rings is 1. The van der Waals surface area contributed by atoms with E-state index in [1.165, 1.54) is 11.1 Å². The zero-order valence-corrected chi connectivity index (χ0v) is 15.2. The Balaban J connectivity index is 2.45. The number of hydrogen-bond donors (Lipinski definition) is 1. The Bertz CT molecular complexity index is 790. The van der Waals surface area contributed by atoms with Crippen molar-refractivity contribution in [2.24, 2.45) is 5.84 Å². The first-order chi connectivity index (χ1) is 12.0. The molecule has 0 saturated heterocycles. The predicted molar refractivity (Wildman–Crippen MR) is 103 cm³/mol. The number of nitrogens with zero attached hydrogens (tertiary/aromatic N) is 3. The normalized spacial score (nSPS) is 10.7. The summed E-state index contributed by atoms with van der Waals surface area (Å²) >= 11 is 12.2. The quantitative estimate of drug-likeness (QED) is 0.354. The molecule has 0 bridgehead atoms. The van der Waals surface area contributed by atoms with Crippen LogP contribution in [0.4, 0.5) is 10.5 Å². The molecule has 7 heteroatoms. The smallest absolute Gasteiger partial charge is 0.263 e. The number of hydrogen-bond acceptors (Lipinski definition) is 3. The van der Waals surface area contributed by atoms with Gasteiger partial charge in [0.1, 0.15) is 0 Å². The minimum absolute atomic E-state index is 0.261. The van der Waals surface area contributed by atoms with E-state index < -0.39 is 6.03 Å². The first-order valence-electron chi connectivity index (χ1n) is 7.47. The maximum Gasteiger partial charge on any atom is 0.343 e. The van der Waals surface area contributed by atoms with Gasteiger partial charge in [-0.15, -0.1) is 0 Å². The van der Waals surface area contributed by atoms with Crippen molar-refractivity contribution in [1.82, 2.24) is 9.99 Å². The number of carbonyl (C=O) groups is 1. The van der Waals surface area contributed by atoms with E-state index in [0.717, 1.165) is 5.01 Å². The number of amides is 2. The van der Waals surface area contributed by atoms with Gasteiger partial charge in [0.15, 0.2) is 0 Å². The molecule has 0 radical (unpaired) electrons. The van der Waals surface area contributed by atoms with E-state index in [1.54, 1.807) is 42.6 Å². The summed E-state index contributed by atoms with van der Waals surface area (Å²) in [6.07, 6.45) is 6.66. The fraction of sp³-hybridized carbons (Fsp3) is 0.111. The number of carbonyl (C=O) groups excluding carboxylic acids is 1. The zero-order chi connectivity index (χ0) is 18.4. The minimum atomic E-state index is -0.446. The maximum absolute atomic E-state index is 12.9. The van der Waals surface area contributed by atoms with Crippen LogP contribution in [-0.4, -0.2) is 22.6 Å². The highest BCUT2D eigenvalue weighted by Crippen LogP contribution is 2.30. The second kappa shape index (κ2) is 8.67. The summed E-state index contributed by atoms with van der Waals surface area (Å²) in [5, 5.41) is 2.04. The Morgan fingerprint density at radius 2 is 1.96 bits per heavy atom. The Morgan fingerprint density at radius 3 is 2.56 bits per heavy atom. The number of nitrogens with two attached hydrogens (primary N) is 1. The number of aromatic nitrogens is 1. The van der Waals surface area contributed by atoms with Crippen LogP contribution in [0.3, 0.4) is 0 Å². The standard InChI is InChI=1S/C18H18Cl2N4O/c1-3-4-11-23(21)18(25)24(15-7-5-14(19)6-8-15)13(2)16-9-10-22-12-17(16)20/h3-10,12H,2,11,21H2,1H3/b4-3+. The highest BCUT2D eigenvalue weighted by atomic mass is 35.5. The molecule has 0 atom stereocenters. The van der Waals surface area contributed by atoms with Gasteiger partial charge >= 0.3 is 6.03 Å². The summed E-state index contributed by atoms with van der Waals surface area (Å²) in [4.78, 5) is 18.2. The first kappa shape index (κ1) is 19.0. The van der Waals surface area contributed by atoms with Crippen LogP contribution in [0, 0.1) is 0 Å². The van der Waals surface area contributed by atoms with Crippen molar-refractivity contribution in [2.75, 3.05) is 11.4 Å². The van der Waals surface area contributed by atoms with Crippen molar-refractivity contribution in [3.63, 3.8) is 0 Å². The SMILES string of the molecule is C=C(c1ccncc1Cl)N(C(=O)N(N)C/C=C/C)c1ccc(Cl)cc1. The van der Waals surface area contributed by atoms with Gasteiger partial charge in [-0.25, -0.2) is 10.6 Å². The summed E-state index contributed by atoms with van der Waals surface area (Å²) in [7, 11) is 0. The lowest BCUT2D eigenvalue weighted by atomic mass is 10.1. The van der Waals surface area contributed by atoms with Gasteiger partial charge in [0, 0.05) is 23.0 Å². The molecule has 1 aromatic carbocycles. The van der Waals surface area contributed by atoms with E-state index in [0.29, 0.717) is 27.0 Å². The van der Waals surface area contributed by atoms with Crippen molar-refractivity contribution in [3.05, 3.63) is 77.1 Å². The summed E-state index contributed by atoms with van der Waals surface area (Å²) < 4.78 is 0. The van der Waals surface area contributed by atoms with Crippen LogP contribution in [0.1, 0.15) is 12.5 Å². The molecule has 0 fully saturated rings. The molecule has 25 heavy (non-hydrogen) atoms. The van der Waals surface area contributed by atoms with Gasteiger partial charge in [-0.3, -0.25) is 14.9 Å². The van der Waals surface area contributed by atoms with Gasteiger partial charge in [-0.1, -0.05) is 41.9 Å². The van der Waals surface area contributed by atoms with E-state index in [1.807, 2.05) is 13.0 Å². The third kappa shape index (κ3) is 4.60. The minimum Gasteiger partial charge on any atom is -0.263 e. The van der Waals surface area contributed by atoms with Crippen molar-refractivity contribution < 1.29 is 4.79 Å². The second-order valence-electron chi connectivity index (χ2n) is 5.12. The highest BCUT2D eigenvalue weighted by Gasteiger charge is 2.24. The molecular weight excluding hydrogens is 359 g/mol. The largest absolute Gasteiger partial charge is 0.343 e. The average Bonchev–Trinajstić information content (AvgIpc) is 2.61. The van der Waals surface area contributed by atoms with E-state index >= 15 is 0 Å². The second-order valence-corrected chi connectivity index (χ2v) is 5.96. The van der Waals surface area contributed by atoms with E-state index in [4.69, 9.17) is 29.0 Å². The highest BCUT2D eigenvalue weighted by molar-refractivity contribution is 6.32. The number of benzene rings is 1. The van der Waals surface area contributed by atoms with Crippen molar-refractivity contribution in [2.45, 2.75) is 6.92 Å². The van der Waals surface area contributed by atoms with Crippen molar-refractivity contribution in [1.29, 1.82) is 0 Å². The van der Waals surface area contributed by atoms with Crippen molar-refractivity contribution >= 4 is 40.6 Å². The molecule has 2 amide bonds. The van der Waals surface area contributed by atoms with E-state index in [9.17, 15) is 4.79 Å². The van der Waals surface area contributed by atoms with Crippen LogP contribution >= 0.6 is 23.2 Å². The first-order valence-corrected chi connectivity index (χ1v) is 8.23. The number of rotatable bonds is 5. The molecule has 2 rings (SSSR count). The zero-order valence-electron chi connectivity index (χ0n) is 13.7. The fourth-order valence-electron chi connectivity index (χ4n) is 2.13. The number of urea groups is 1. The Morgan fingerprint density at radius 1 is 1.28 bits per heavy atom. The van der Waals surface area contributed by atoms with Gasteiger partial charge in [0.05, 0.1) is 23.0 Å². The van der Waals surface area contributed by atoms with Crippen LogP contribution in [0.15, 0.2) is 61.5 Å². The number of hydrazine groups is 1. The summed E-state index contributed by atoms with van der Waals surface area (Å²) in [5.74, 6) is 5.90. The average molecular weight is 377 g/mol. The van der Waals surface area contributed by atoms with Crippen LogP contribution in [0.2, 0.25) is 10.0 Å². The number of halogens is 2. The molecule has 0 aliphatic heterocycles. The Hall–Kier alpha value is -2.34. The molecular formula is C18H18Cl2N4O. The fourth-order valence-corrected chi connectivity index (χ4v) is 2.48. The topological polar surface area (TPSA) is 62.5 Å². The van der Waals surface area contributed by atoms with Gasteiger partial charge < -0.3 is 0 Å². The molecule has 1 aromatic heterocycles. The molecule has 0 aliphatic rings. The predicted octanol–water partition coefficient (Wildman–Crippen LogP) is 4.74. The lowest BCUT2D eigenvalue weighted by Gasteiger charge is -2.29. The number of anilines is 1. The molecule has 2 aromatic rings. The number of allylic oxidation sites excluding steroid dienone is 1. The van der Waals surface area contributed by atoms with Gasteiger partial charge in [0.25, 0.3) is 0 Å². The van der Waals surface area contributed by atoms with Gasteiger partial charge in [0.2, 0.25) is 0 Å². The lowest BCUT2D eigenvalue weighted by molar-refractivity contribution is 0.214. The maximum atomic E-state index is 12.9. The molecule has 0 unspecified atom stereocenters. The van der Waals surface area contributed by atoms with Crippen LogP contribution in [0.5, 0.6) is 0 Å². The third-order valence-electron chi connectivity index (χ3n) is 3.41. The summed E-state index contributed by atoms with van der Waals surface area (Å²) in [6.45, 7) is 6.14. The van der Waals surface area contributed by atoms with E-state index in [-0.39, 0.29) is 6.54 Å². The molecule has 1 heterocycles. The summed E-state index contributed by atoms with van der Waals surface area (Å²) in [6, 6.07) is 8.04. The molecule has 2 N–H and O–H groups in total. The van der Waals surface area contributed by atoms with Gasteiger partial charge in [-0.2, -0.15) is 0 Å². The molecule has 5 nitrogen and oxygen atoms in total. The van der Waals surface area contributed by atoms with Crippen LogP contribution in [-0.2, 0) is 0 Å². The Kier molecular flexibility index (Phi) is 6.58. The monoisotopic (exact) mass is 376 g/mol. The molecule has 0 aliphatic carbocycles. The van der Waals surface area contributed by atoms with Gasteiger partial charge in [-0.05, 0) is 37.3 Å². The van der Waals surface area contributed by atoms with Crippen LogP contribution < -0.4 is 10.7 Å².